The van der Waals surface area contributed by atoms with E-state index < -0.39 is 0 Å². The maximum absolute atomic E-state index is 5.87. The zero-order valence-corrected chi connectivity index (χ0v) is 9.63. The Morgan fingerprint density at radius 2 is 2.00 bits per heavy atom. The molecule has 0 bridgehead atoms. The van der Waals surface area contributed by atoms with E-state index in [1.54, 1.807) is 0 Å². The zero-order valence-electron chi connectivity index (χ0n) is 9.63. The van der Waals surface area contributed by atoms with Crippen molar-refractivity contribution in [1.82, 2.24) is 4.90 Å². The number of hydrogen-bond acceptors (Lipinski definition) is 2. The van der Waals surface area contributed by atoms with E-state index in [-0.39, 0.29) is 0 Å². The molecular weight excluding hydrogens is 162 g/mol. The Labute approximate surface area is 82.3 Å². The van der Waals surface area contributed by atoms with Crippen LogP contribution in [-0.4, -0.2) is 38.3 Å². The van der Waals surface area contributed by atoms with Crippen LogP contribution in [0.2, 0.25) is 0 Å². The van der Waals surface area contributed by atoms with E-state index >= 15 is 0 Å². The van der Waals surface area contributed by atoms with Crippen molar-refractivity contribution in [3.8, 4) is 0 Å². The summed E-state index contributed by atoms with van der Waals surface area (Å²) in [5, 5.41) is 0. The van der Waals surface area contributed by atoms with Gasteiger partial charge in [-0.25, -0.2) is 0 Å². The predicted octanol–water partition coefficient (Wildman–Crippen LogP) is 2.00. The number of ether oxygens (including phenoxy) is 1. The van der Waals surface area contributed by atoms with Crippen molar-refractivity contribution in [2.45, 2.75) is 33.3 Å². The Morgan fingerprint density at radius 3 is 2.46 bits per heavy atom. The highest BCUT2D eigenvalue weighted by Gasteiger charge is 2.33. The summed E-state index contributed by atoms with van der Waals surface area (Å²) in [5.74, 6) is 0.686. The largest absolute Gasteiger partial charge is 0.376 e. The summed E-state index contributed by atoms with van der Waals surface area (Å²) in [4.78, 5) is 2.21. The predicted molar refractivity (Wildman–Crippen MR) is 55.9 cm³/mol. The molecule has 2 unspecified atom stereocenters. The van der Waals surface area contributed by atoms with Crippen LogP contribution in [0.4, 0.5) is 0 Å². The Bertz CT molecular complexity index is 165. The van der Waals surface area contributed by atoms with E-state index in [9.17, 15) is 0 Å². The third-order valence-electron chi connectivity index (χ3n) is 2.74. The molecule has 1 heterocycles. The highest BCUT2D eigenvalue weighted by atomic mass is 16.5. The fourth-order valence-electron chi connectivity index (χ4n) is 2.15. The lowest BCUT2D eigenvalue weighted by Gasteiger charge is -2.40. The summed E-state index contributed by atoms with van der Waals surface area (Å²) in [6, 6.07) is 0. The third-order valence-corrected chi connectivity index (χ3v) is 2.74. The van der Waals surface area contributed by atoms with Gasteiger partial charge in [-0.3, -0.25) is 0 Å². The number of hydrogen-bond donors (Lipinski definition) is 0. The lowest BCUT2D eigenvalue weighted by atomic mass is 9.79. The van der Waals surface area contributed by atoms with Crippen LogP contribution in [0.5, 0.6) is 0 Å². The maximum Gasteiger partial charge on any atom is 0.0727 e. The standard InChI is InChI=1S/C11H23NO/c1-9-6-11(2,3)8-13-10(9)7-12(4)5/h9-10H,6-8H2,1-5H3. The van der Waals surface area contributed by atoms with E-state index in [2.05, 4.69) is 39.8 Å². The van der Waals surface area contributed by atoms with Gasteiger partial charge in [0.1, 0.15) is 0 Å². The van der Waals surface area contributed by atoms with Crippen molar-refractivity contribution in [2.24, 2.45) is 11.3 Å². The Morgan fingerprint density at radius 1 is 1.38 bits per heavy atom. The van der Waals surface area contributed by atoms with Crippen LogP contribution in [0, 0.1) is 11.3 Å². The van der Waals surface area contributed by atoms with Crippen molar-refractivity contribution < 1.29 is 4.74 Å². The molecule has 0 aromatic heterocycles. The molecule has 0 radical (unpaired) electrons. The summed E-state index contributed by atoms with van der Waals surface area (Å²) >= 11 is 0. The molecule has 0 aliphatic carbocycles. The molecule has 0 aromatic carbocycles. The molecule has 13 heavy (non-hydrogen) atoms. The topological polar surface area (TPSA) is 12.5 Å². The summed E-state index contributed by atoms with van der Waals surface area (Å²) in [7, 11) is 4.21. The van der Waals surface area contributed by atoms with Gasteiger partial charge in [-0.2, -0.15) is 0 Å². The second-order valence-electron chi connectivity index (χ2n) is 5.46. The molecule has 2 heteroatoms. The lowest BCUT2D eigenvalue weighted by molar-refractivity contribution is -0.0883. The SMILES string of the molecule is CC1CC(C)(C)COC1CN(C)C. The fourth-order valence-corrected chi connectivity index (χ4v) is 2.15. The van der Waals surface area contributed by atoms with E-state index in [1.807, 2.05) is 0 Å². The average Bonchev–Trinajstić information content (AvgIpc) is 1.93. The van der Waals surface area contributed by atoms with Gasteiger partial charge in [0, 0.05) is 6.54 Å². The zero-order chi connectivity index (χ0) is 10.1. The maximum atomic E-state index is 5.87. The number of nitrogens with zero attached hydrogens (tertiary/aromatic N) is 1. The molecule has 0 aromatic rings. The van der Waals surface area contributed by atoms with E-state index in [0.717, 1.165) is 13.2 Å². The Kier molecular flexibility index (Phi) is 3.36. The fraction of sp³-hybridized carbons (Fsp3) is 1.00. The first-order valence-corrected chi connectivity index (χ1v) is 5.17. The van der Waals surface area contributed by atoms with E-state index in [4.69, 9.17) is 4.74 Å². The van der Waals surface area contributed by atoms with Gasteiger partial charge in [0.25, 0.3) is 0 Å². The molecule has 0 N–H and O–H groups in total. The first-order chi connectivity index (χ1) is 5.91. The van der Waals surface area contributed by atoms with Gasteiger partial charge < -0.3 is 9.64 Å². The van der Waals surface area contributed by atoms with Crippen molar-refractivity contribution in [3.05, 3.63) is 0 Å². The Hall–Kier alpha value is -0.0800. The highest BCUT2D eigenvalue weighted by molar-refractivity contribution is 4.82. The molecule has 78 valence electrons. The molecule has 1 aliphatic heterocycles. The minimum absolute atomic E-state index is 0.377. The smallest absolute Gasteiger partial charge is 0.0727 e. The summed E-state index contributed by atoms with van der Waals surface area (Å²) in [6.07, 6.45) is 1.72. The lowest BCUT2D eigenvalue weighted by Crippen LogP contribution is -2.42. The van der Waals surface area contributed by atoms with Crippen LogP contribution < -0.4 is 0 Å². The quantitative estimate of drug-likeness (QED) is 0.652. The molecule has 2 atom stereocenters. The molecule has 1 fully saturated rings. The normalized spacial score (nSPS) is 33.7. The van der Waals surface area contributed by atoms with Crippen LogP contribution >= 0.6 is 0 Å². The molecule has 1 rings (SSSR count). The van der Waals surface area contributed by atoms with Gasteiger partial charge in [-0.1, -0.05) is 20.8 Å². The monoisotopic (exact) mass is 185 g/mol. The second kappa shape index (κ2) is 3.97. The number of likely N-dealkylation sites (N-methyl/N-ethyl adjacent to an activating group) is 1. The van der Waals surface area contributed by atoms with E-state index in [1.165, 1.54) is 6.42 Å². The first kappa shape index (κ1) is 11.0. The molecule has 1 saturated heterocycles. The van der Waals surface area contributed by atoms with Gasteiger partial charge >= 0.3 is 0 Å². The minimum Gasteiger partial charge on any atom is -0.376 e. The van der Waals surface area contributed by atoms with Crippen molar-refractivity contribution in [1.29, 1.82) is 0 Å². The molecule has 2 nitrogen and oxygen atoms in total. The summed E-state index contributed by atoms with van der Waals surface area (Å²) < 4.78 is 5.87. The summed E-state index contributed by atoms with van der Waals surface area (Å²) in [6.45, 7) is 8.84. The van der Waals surface area contributed by atoms with Gasteiger partial charge in [0.05, 0.1) is 12.7 Å². The number of rotatable bonds is 2. The van der Waals surface area contributed by atoms with Crippen LogP contribution in [0.25, 0.3) is 0 Å². The molecule has 1 aliphatic rings. The van der Waals surface area contributed by atoms with Crippen molar-refractivity contribution in [3.63, 3.8) is 0 Å². The first-order valence-electron chi connectivity index (χ1n) is 5.17. The third kappa shape index (κ3) is 3.28. The van der Waals surface area contributed by atoms with Crippen molar-refractivity contribution >= 4 is 0 Å². The molecule has 0 saturated carbocycles. The summed E-state index contributed by atoms with van der Waals surface area (Å²) in [5.41, 5.74) is 0.377. The van der Waals surface area contributed by atoms with Crippen LogP contribution in [-0.2, 0) is 4.74 Å². The van der Waals surface area contributed by atoms with Gasteiger partial charge in [-0.15, -0.1) is 0 Å². The van der Waals surface area contributed by atoms with Gasteiger partial charge in [0.2, 0.25) is 0 Å². The minimum atomic E-state index is 0.377. The van der Waals surface area contributed by atoms with Crippen molar-refractivity contribution in [2.75, 3.05) is 27.2 Å². The molecular formula is C11H23NO. The van der Waals surface area contributed by atoms with Crippen LogP contribution in [0.15, 0.2) is 0 Å². The molecule has 0 spiro atoms. The Balaban J connectivity index is 2.44. The van der Waals surface area contributed by atoms with Gasteiger partial charge in [-0.05, 0) is 31.8 Å². The average molecular weight is 185 g/mol. The molecule has 0 amide bonds. The highest BCUT2D eigenvalue weighted by Crippen LogP contribution is 2.33. The van der Waals surface area contributed by atoms with Crippen LogP contribution in [0.1, 0.15) is 27.2 Å². The van der Waals surface area contributed by atoms with E-state index in [0.29, 0.717) is 17.4 Å². The van der Waals surface area contributed by atoms with Gasteiger partial charge in [0.15, 0.2) is 0 Å². The second-order valence-corrected chi connectivity index (χ2v) is 5.46. The van der Waals surface area contributed by atoms with Crippen LogP contribution in [0.3, 0.4) is 0 Å².